The van der Waals surface area contributed by atoms with Crippen LogP contribution >= 0.6 is 34.3 Å². The lowest BCUT2D eigenvalue weighted by Crippen LogP contribution is -2.17. The number of carbonyl (C=O) groups excluding carboxylic acids is 1. The number of nitrogens with one attached hydrogen (secondary N) is 1. The second kappa shape index (κ2) is 7.70. The van der Waals surface area contributed by atoms with Crippen molar-refractivity contribution in [3.05, 3.63) is 72.5 Å². The number of aromatic nitrogens is 3. The molecule has 0 atom stereocenters. The average molecular weight is 445 g/mol. The number of anilines is 1. The van der Waals surface area contributed by atoms with E-state index >= 15 is 0 Å². The van der Waals surface area contributed by atoms with E-state index in [9.17, 15) is 9.59 Å². The van der Waals surface area contributed by atoms with Crippen LogP contribution in [0.4, 0.5) is 5.13 Å². The Bertz CT molecular complexity index is 1310. The van der Waals surface area contributed by atoms with Crippen LogP contribution in [-0.2, 0) is 13.5 Å². The fourth-order valence-corrected chi connectivity index (χ4v) is 5.12. The van der Waals surface area contributed by atoms with E-state index in [4.69, 9.17) is 11.6 Å². The topological polar surface area (TPSA) is 76.9 Å². The lowest BCUT2D eigenvalue weighted by Gasteiger charge is -2.04. The molecule has 29 heavy (non-hydrogen) atoms. The molecule has 9 heteroatoms. The number of thiazole rings is 1. The Labute approximate surface area is 179 Å². The Kier molecular flexibility index (Phi) is 5.24. The third-order valence-corrected chi connectivity index (χ3v) is 7.28. The van der Waals surface area contributed by atoms with Gasteiger partial charge in [0.1, 0.15) is 4.83 Å². The molecule has 0 unspecified atom stereocenters. The number of rotatable bonds is 4. The van der Waals surface area contributed by atoms with Crippen LogP contribution in [0.5, 0.6) is 0 Å². The highest BCUT2D eigenvalue weighted by Gasteiger charge is 2.20. The number of hydrogen-bond acceptors (Lipinski definition) is 6. The lowest BCUT2D eigenvalue weighted by atomic mass is 10.1. The first-order chi connectivity index (χ1) is 13.8. The third-order valence-electron chi connectivity index (χ3n) is 4.63. The van der Waals surface area contributed by atoms with Gasteiger partial charge in [0.25, 0.3) is 11.5 Å². The van der Waals surface area contributed by atoms with E-state index in [1.54, 1.807) is 20.2 Å². The van der Waals surface area contributed by atoms with Crippen LogP contribution < -0.4 is 10.9 Å². The monoisotopic (exact) mass is 444 g/mol. The molecule has 1 N–H and O–H groups in total. The van der Waals surface area contributed by atoms with Crippen LogP contribution in [0.1, 0.15) is 31.2 Å². The molecule has 0 aliphatic heterocycles. The maximum atomic E-state index is 12.8. The molecule has 0 saturated carbocycles. The minimum Gasteiger partial charge on any atom is -0.302 e. The van der Waals surface area contributed by atoms with Gasteiger partial charge in [-0.25, -0.2) is 9.97 Å². The Balaban J connectivity index is 1.56. The zero-order valence-corrected chi connectivity index (χ0v) is 18.3. The summed E-state index contributed by atoms with van der Waals surface area (Å²) in [6, 6.07) is 5.93. The molecule has 6 nitrogen and oxygen atoms in total. The molecule has 3 aromatic heterocycles. The molecule has 1 aromatic carbocycles. The van der Waals surface area contributed by atoms with Crippen molar-refractivity contribution in [2.45, 2.75) is 20.3 Å². The number of aryl methyl sites for hydroxylation is 3. The van der Waals surface area contributed by atoms with E-state index in [2.05, 4.69) is 15.3 Å². The molecule has 0 radical (unpaired) electrons. The number of amides is 1. The molecule has 0 fully saturated rings. The van der Waals surface area contributed by atoms with Crippen molar-refractivity contribution in [3.8, 4) is 0 Å². The van der Waals surface area contributed by atoms with Gasteiger partial charge in [-0.15, -0.1) is 22.7 Å². The van der Waals surface area contributed by atoms with Crippen molar-refractivity contribution in [1.82, 2.24) is 14.5 Å². The molecule has 4 rings (SSSR count). The summed E-state index contributed by atoms with van der Waals surface area (Å²) in [5.41, 5.74) is 2.53. The molecule has 0 aliphatic carbocycles. The van der Waals surface area contributed by atoms with E-state index in [0.29, 0.717) is 32.2 Å². The van der Waals surface area contributed by atoms with Crippen LogP contribution in [0, 0.1) is 13.8 Å². The molecule has 4 aromatic rings. The van der Waals surface area contributed by atoms with E-state index in [-0.39, 0.29) is 11.5 Å². The van der Waals surface area contributed by atoms with Crippen LogP contribution in [0.3, 0.4) is 0 Å². The SMILES string of the molecule is Cc1cccc(Cc2cnc(NC(=O)c3sc4ncn(C)c(=O)c4c3C)s2)c1Cl. The molecule has 0 saturated heterocycles. The fraction of sp³-hybridized carbons (Fsp3) is 0.200. The van der Waals surface area contributed by atoms with E-state index in [1.165, 1.54) is 33.6 Å². The molecule has 1 amide bonds. The number of fused-ring (bicyclic) bond motifs is 1. The zero-order valence-electron chi connectivity index (χ0n) is 15.9. The molecule has 0 spiro atoms. The zero-order chi connectivity index (χ0) is 20.7. The molecular formula is C20H17ClN4O2S2. The van der Waals surface area contributed by atoms with Crippen molar-refractivity contribution in [2.24, 2.45) is 7.05 Å². The number of carbonyl (C=O) groups is 1. The van der Waals surface area contributed by atoms with Gasteiger partial charge in [0.2, 0.25) is 0 Å². The van der Waals surface area contributed by atoms with Crippen LogP contribution in [0.15, 0.2) is 35.5 Å². The minimum absolute atomic E-state index is 0.158. The number of halogens is 1. The predicted molar refractivity (Wildman–Crippen MR) is 119 cm³/mol. The number of benzene rings is 1. The first-order valence-electron chi connectivity index (χ1n) is 8.80. The van der Waals surface area contributed by atoms with Crippen molar-refractivity contribution < 1.29 is 4.79 Å². The maximum Gasteiger partial charge on any atom is 0.267 e. The summed E-state index contributed by atoms with van der Waals surface area (Å²) in [6.45, 7) is 3.74. The van der Waals surface area contributed by atoms with E-state index in [0.717, 1.165) is 21.0 Å². The van der Waals surface area contributed by atoms with Crippen LogP contribution in [0.25, 0.3) is 10.2 Å². The largest absolute Gasteiger partial charge is 0.302 e. The van der Waals surface area contributed by atoms with Gasteiger partial charge in [0.05, 0.1) is 16.6 Å². The number of nitrogens with zero attached hydrogens (tertiary/aromatic N) is 3. The fourth-order valence-electron chi connectivity index (χ4n) is 3.06. The third kappa shape index (κ3) is 3.71. The lowest BCUT2D eigenvalue weighted by molar-refractivity contribution is 0.103. The quantitative estimate of drug-likeness (QED) is 0.500. The van der Waals surface area contributed by atoms with Gasteiger partial charge in [-0.3, -0.25) is 14.9 Å². The number of hydrogen-bond donors (Lipinski definition) is 1. The Morgan fingerprint density at radius 3 is 2.83 bits per heavy atom. The number of thiophene rings is 1. The molecule has 0 bridgehead atoms. The average Bonchev–Trinajstić information content (AvgIpc) is 3.26. The van der Waals surface area contributed by atoms with Crippen LogP contribution in [-0.4, -0.2) is 20.4 Å². The van der Waals surface area contributed by atoms with E-state index in [1.807, 2.05) is 25.1 Å². The standard InChI is InChI=1S/C20H17ClN4O2S2/c1-10-5-4-6-12(15(10)21)7-13-8-22-20(28-13)24-17(26)16-11(2)14-18(29-16)23-9-25(3)19(14)27/h4-6,8-9H,7H2,1-3H3,(H,22,24,26). The highest BCUT2D eigenvalue weighted by Crippen LogP contribution is 2.29. The second-order valence-corrected chi connectivity index (χ2v) is 9.20. The minimum atomic E-state index is -0.290. The van der Waals surface area contributed by atoms with Gasteiger partial charge in [-0.2, -0.15) is 0 Å². The van der Waals surface area contributed by atoms with Gasteiger partial charge >= 0.3 is 0 Å². The van der Waals surface area contributed by atoms with E-state index < -0.39 is 0 Å². The maximum absolute atomic E-state index is 12.8. The molecule has 0 aliphatic rings. The van der Waals surface area contributed by atoms with Crippen molar-refractivity contribution >= 4 is 55.5 Å². The highest BCUT2D eigenvalue weighted by atomic mass is 35.5. The predicted octanol–water partition coefficient (Wildman–Crippen LogP) is 4.56. The van der Waals surface area contributed by atoms with Gasteiger partial charge in [0.15, 0.2) is 5.13 Å². The smallest absolute Gasteiger partial charge is 0.267 e. The summed E-state index contributed by atoms with van der Waals surface area (Å²) in [6.07, 6.45) is 3.86. The summed E-state index contributed by atoms with van der Waals surface area (Å²) < 4.78 is 1.41. The highest BCUT2D eigenvalue weighted by molar-refractivity contribution is 7.21. The Morgan fingerprint density at radius 1 is 1.24 bits per heavy atom. The van der Waals surface area contributed by atoms with Gasteiger partial charge < -0.3 is 4.57 Å². The Morgan fingerprint density at radius 2 is 2.03 bits per heavy atom. The molecular weight excluding hydrogens is 428 g/mol. The summed E-state index contributed by atoms with van der Waals surface area (Å²) in [7, 11) is 1.64. The first kappa shape index (κ1) is 19.8. The summed E-state index contributed by atoms with van der Waals surface area (Å²) in [5.74, 6) is -0.290. The van der Waals surface area contributed by atoms with Crippen molar-refractivity contribution in [2.75, 3.05) is 5.32 Å². The van der Waals surface area contributed by atoms with Crippen molar-refractivity contribution in [1.29, 1.82) is 0 Å². The first-order valence-corrected chi connectivity index (χ1v) is 10.8. The van der Waals surface area contributed by atoms with Gasteiger partial charge in [0, 0.05) is 29.6 Å². The van der Waals surface area contributed by atoms with Crippen LogP contribution in [0.2, 0.25) is 5.02 Å². The van der Waals surface area contributed by atoms with Crippen molar-refractivity contribution in [3.63, 3.8) is 0 Å². The molecule has 3 heterocycles. The van der Waals surface area contributed by atoms with Gasteiger partial charge in [-0.05, 0) is 30.5 Å². The summed E-state index contributed by atoms with van der Waals surface area (Å²) in [4.78, 5) is 35.7. The molecule has 148 valence electrons. The summed E-state index contributed by atoms with van der Waals surface area (Å²) in [5, 5.41) is 4.58. The Hall–Kier alpha value is -2.55. The normalized spacial score (nSPS) is 11.2. The second-order valence-electron chi connectivity index (χ2n) is 6.71. The summed E-state index contributed by atoms with van der Waals surface area (Å²) >= 11 is 8.99. The van der Waals surface area contributed by atoms with Gasteiger partial charge in [-0.1, -0.05) is 29.8 Å².